The summed E-state index contributed by atoms with van der Waals surface area (Å²) in [5.41, 5.74) is -0.0981. The lowest BCUT2D eigenvalue weighted by atomic mass is 9.35. The van der Waals surface area contributed by atoms with Crippen LogP contribution in [0.2, 0.25) is 0 Å². The van der Waals surface area contributed by atoms with Gasteiger partial charge < -0.3 is 9.47 Å². The number of hydrogen-bond donors (Lipinski definition) is 0. The Hall–Kier alpha value is -3.10. The third-order valence-corrected chi connectivity index (χ3v) is 6.27. The number of hydrogen-bond acceptors (Lipinski definition) is 6. The topological polar surface area (TPSA) is 76.9 Å². The molecule has 30 heavy (non-hydrogen) atoms. The number of amides is 1. The Labute approximate surface area is 171 Å². The molecule has 1 unspecified atom stereocenters. The van der Waals surface area contributed by atoms with Crippen LogP contribution >= 0.6 is 0 Å². The van der Waals surface area contributed by atoms with Crippen LogP contribution in [0.1, 0.15) is 37.3 Å². The second kappa shape index (κ2) is 6.72. The predicted octanol–water partition coefficient (Wildman–Crippen LogP) is 3.27. The third kappa shape index (κ3) is 3.00. The number of methoxy groups -OCH3 is 1. The minimum Gasteiger partial charge on any atom is -0.495 e. The molecule has 1 aromatic heterocycles. The molecule has 1 atom stereocenters. The van der Waals surface area contributed by atoms with Gasteiger partial charge in [0.25, 0.3) is 0 Å². The lowest BCUT2D eigenvalue weighted by Crippen LogP contribution is -2.69. The molecular weight excluding hydrogens is 394 g/mol. The quantitative estimate of drug-likeness (QED) is 0.725. The van der Waals surface area contributed by atoms with Crippen molar-refractivity contribution in [2.24, 2.45) is 15.9 Å². The van der Waals surface area contributed by atoms with E-state index in [0.717, 1.165) is 6.07 Å². The first kappa shape index (κ1) is 18.9. The molecule has 2 aromatic rings. The van der Waals surface area contributed by atoms with Crippen molar-refractivity contribution < 1.29 is 23.0 Å². The monoisotopic (exact) mass is 414 g/mol. The van der Waals surface area contributed by atoms with Crippen LogP contribution in [0.5, 0.6) is 11.6 Å². The largest absolute Gasteiger partial charge is 0.495 e. The highest BCUT2D eigenvalue weighted by Gasteiger charge is 2.73. The standard InChI is InChI=1S/C21H20F2N4O3/c1-29-16-7-18(26-24-8-16)30-12-20-9-21(10-20,11-20)19(28)27-17(2-3-25-27)13-4-14(22)6-15(23)5-13/h3-8,17H,2,9-12H2,1H3. The summed E-state index contributed by atoms with van der Waals surface area (Å²) in [6.45, 7) is 0.450. The Balaban J connectivity index is 1.23. The molecule has 0 radical (unpaired) electrons. The fourth-order valence-corrected chi connectivity index (χ4v) is 5.01. The molecule has 3 saturated carbocycles. The van der Waals surface area contributed by atoms with Gasteiger partial charge in [-0.1, -0.05) is 0 Å². The highest BCUT2D eigenvalue weighted by molar-refractivity contribution is 5.88. The molecule has 3 fully saturated rings. The smallest absolute Gasteiger partial charge is 0.249 e. The first-order chi connectivity index (χ1) is 14.4. The fraction of sp³-hybridized carbons (Fsp3) is 0.429. The second-order valence-electron chi connectivity index (χ2n) is 8.44. The maximum absolute atomic E-state index is 13.6. The zero-order valence-corrected chi connectivity index (χ0v) is 16.3. The SMILES string of the molecule is COc1cnnc(OCC23CC(C(=O)N4N=CCC4c4cc(F)cc(F)c4)(C2)C3)c1. The number of carbonyl (C=O) groups is 1. The number of halogens is 2. The molecule has 1 aliphatic heterocycles. The maximum atomic E-state index is 13.6. The fourth-order valence-electron chi connectivity index (χ4n) is 5.01. The lowest BCUT2D eigenvalue weighted by Gasteiger charge is -2.69. The number of benzene rings is 1. The summed E-state index contributed by atoms with van der Waals surface area (Å²) in [5.74, 6) is -0.458. The van der Waals surface area contributed by atoms with Gasteiger partial charge in [-0.3, -0.25) is 4.79 Å². The van der Waals surface area contributed by atoms with Gasteiger partial charge in [-0.05, 0) is 37.0 Å². The average molecular weight is 414 g/mol. The molecule has 2 heterocycles. The van der Waals surface area contributed by atoms with Crippen molar-refractivity contribution in [2.45, 2.75) is 31.7 Å². The maximum Gasteiger partial charge on any atom is 0.249 e. The van der Waals surface area contributed by atoms with Crippen molar-refractivity contribution in [2.75, 3.05) is 13.7 Å². The number of carbonyl (C=O) groups excluding carboxylic acids is 1. The van der Waals surface area contributed by atoms with Crippen molar-refractivity contribution in [1.29, 1.82) is 0 Å². The summed E-state index contributed by atoms with van der Waals surface area (Å²) in [5, 5.41) is 13.4. The molecule has 0 saturated heterocycles. The molecule has 3 aliphatic carbocycles. The van der Waals surface area contributed by atoms with E-state index in [1.165, 1.54) is 23.3 Å². The van der Waals surface area contributed by atoms with E-state index in [9.17, 15) is 13.6 Å². The summed E-state index contributed by atoms with van der Waals surface area (Å²) in [4.78, 5) is 13.2. The normalized spacial score (nSPS) is 28.6. The van der Waals surface area contributed by atoms with Crippen LogP contribution in [0.25, 0.3) is 0 Å². The van der Waals surface area contributed by atoms with Gasteiger partial charge in [0.15, 0.2) is 0 Å². The van der Waals surface area contributed by atoms with Gasteiger partial charge in [-0.2, -0.15) is 10.2 Å². The van der Waals surface area contributed by atoms with E-state index in [-0.39, 0.29) is 11.3 Å². The van der Waals surface area contributed by atoms with Gasteiger partial charge in [0.1, 0.15) is 17.4 Å². The number of aromatic nitrogens is 2. The zero-order valence-electron chi connectivity index (χ0n) is 16.3. The van der Waals surface area contributed by atoms with Gasteiger partial charge in [-0.25, -0.2) is 13.8 Å². The highest BCUT2D eigenvalue weighted by atomic mass is 19.1. The van der Waals surface area contributed by atoms with E-state index >= 15 is 0 Å². The van der Waals surface area contributed by atoms with Crippen LogP contribution in [-0.2, 0) is 4.79 Å². The molecule has 9 heteroatoms. The van der Waals surface area contributed by atoms with Gasteiger partial charge in [0.2, 0.25) is 11.8 Å². The second-order valence-corrected chi connectivity index (χ2v) is 8.44. The van der Waals surface area contributed by atoms with Crippen molar-refractivity contribution in [3.8, 4) is 11.6 Å². The molecule has 156 valence electrons. The van der Waals surface area contributed by atoms with Gasteiger partial charge >= 0.3 is 0 Å². The molecule has 0 spiro atoms. The molecular formula is C21H20F2N4O3. The van der Waals surface area contributed by atoms with Crippen molar-refractivity contribution in [3.63, 3.8) is 0 Å². The van der Waals surface area contributed by atoms with E-state index in [1.54, 1.807) is 19.4 Å². The van der Waals surface area contributed by atoms with Crippen molar-refractivity contribution >= 4 is 12.1 Å². The summed E-state index contributed by atoms with van der Waals surface area (Å²) < 4.78 is 38.2. The van der Waals surface area contributed by atoms with Crippen molar-refractivity contribution in [3.05, 3.63) is 47.7 Å². The average Bonchev–Trinajstić information content (AvgIpc) is 3.15. The van der Waals surface area contributed by atoms with Gasteiger partial charge in [0, 0.05) is 30.2 Å². The Morgan fingerprint density at radius 3 is 2.63 bits per heavy atom. The first-order valence-corrected chi connectivity index (χ1v) is 9.74. The summed E-state index contributed by atoms with van der Waals surface area (Å²) >= 11 is 0. The molecule has 1 aromatic carbocycles. The zero-order chi connectivity index (χ0) is 20.9. The third-order valence-electron chi connectivity index (χ3n) is 6.27. The Bertz CT molecular complexity index is 1000. The Kier molecular flexibility index (Phi) is 4.23. The number of rotatable bonds is 6. The summed E-state index contributed by atoms with van der Waals surface area (Å²) in [6, 6.07) is 4.53. The molecule has 7 nitrogen and oxygen atoms in total. The molecule has 1 amide bonds. The van der Waals surface area contributed by atoms with Gasteiger partial charge in [-0.15, -0.1) is 5.10 Å². The van der Waals surface area contributed by atoms with E-state index in [4.69, 9.17) is 9.47 Å². The van der Waals surface area contributed by atoms with Gasteiger partial charge in [0.05, 0.1) is 31.4 Å². The number of hydrazone groups is 1. The van der Waals surface area contributed by atoms with E-state index in [1.807, 2.05) is 0 Å². The van der Waals surface area contributed by atoms with Crippen LogP contribution in [-0.4, -0.2) is 41.0 Å². The summed E-state index contributed by atoms with van der Waals surface area (Å²) in [7, 11) is 1.55. The van der Waals surface area contributed by atoms with Crippen LogP contribution < -0.4 is 9.47 Å². The van der Waals surface area contributed by atoms with E-state index in [2.05, 4.69) is 15.3 Å². The minimum absolute atomic E-state index is 0.0513. The molecule has 4 aliphatic rings. The number of ether oxygens (including phenoxy) is 2. The predicted molar refractivity (Wildman–Crippen MR) is 102 cm³/mol. The van der Waals surface area contributed by atoms with E-state index in [0.29, 0.717) is 49.5 Å². The van der Waals surface area contributed by atoms with Crippen LogP contribution in [0.4, 0.5) is 8.78 Å². The number of nitrogens with zero attached hydrogens (tertiary/aromatic N) is 4. The minimum atomic E-state index is -0.661. The van der Waals surface area contributed by atoms with Crippen molar-refractivity contribution in [1.82, 2.24) is 15.2 Å². The Morgan fingerprint density at radius 2 is 1.93 bits per heavy atom. The first-order valence-electron chi connectivity index (χ1n) is 9.74. The van der Waals surface area contributed by atoms with E-state index < -0.39 is 23.1 Å². The van der Waals surface area contributed by atoms with Crippen LogP contribution in [0.15, 0.2) is 35.6 Å². The lowest BCUT2D eigenvalue weighted by molar-refractivity contribution is -0.227. The molecule has 2 bridgehead atoms. The summed E-state index contributed by atoms with van der Waals surface area (Å²) in [6.07, 6.45) is 5.66. The Morgan fingerprint density at radius 1 is 1.20 bits per heavy atom. The molecule has 6 rings (SSSR count). The van der Waals surface area contributed by atoms with Crippen LogP contribution in [0, 0.1) is 22.5 Å². The molecule has 0 N–H and O–H groups in total. The highest BCUT2D eigenvalue weighted by Crippen LogP contribution is 2.74. The van der Waals surface area contributed by atoms with Crippen LogP contribution in [0.3, 0.4) is 0 Å².